The van der Waals surface area contributed by atoms with Gasteiger partial charge in [-0.15, -0.1) is 0 Å². The Hall–Kier alpha value is -1.88. The first-order valence-electron chi connectivity index (χ1n) is 9.66. The van der Waals surface area contributed by atoms with Crippen molar-refractivity contribution in [1.29, 1.82) is 0 Å². The Morgan fingerprint density at radius 1 is 1.03 bits per heavy atom. The number of nitrogens with one attached hydrogen (secondary N) is 1. The lowest BCUT2D eigenvalue weighted by Gasteiger charge is -2.25. The second-order valence-electron chi connectivity index (χ2n) is 7.23. The largest absolute Gasteiger partial charge is 0.393 e. The molecular weight excluding hydrogens is 429 g/mol. The molecule has 1 aliphatic rings. The van der Waals surface area contributed by atoms with Crippen LogP contribution in [0.4, 0.5) is 5.69 Å². The normalized spacial score (nSPS) is 15.2. The molecule has 29 heavy (non-hydrogen) atoms. The molecule has 1 fully saturated rings. The molecule has 7 heteroatoms. The molecule has 0 atom stereocenters. The van der Waals surface area contributed by atoms with E-state index in [4.69, 9.17) is 40.5 Å². The van der Waals surface area contributed by atoms with E-state index in [2.05, 4.69) is 5.32 Å². The summed E-state index contributed by atoms with van der Waals surface area (Å²) in [5.41, 5.74) is 8.00. The van der Waals surface area contributed by atoms with Gasteiger partial charge in [0.25, 0.3) is 5.91 Å². The van der Waals surface area contributed by atoms with Gasteiger partial charge in [-0.1, -0.05) is 60.1 Å². The standard InChI is InChI=1S/C22H24Cl3N3O/c23-16-8-10-19(11-9-16)28(13-15-6-7-17(24)12-20(15)25)14-21(26)22(29)27-18-4-2-1-3-5-18/h6-12,14,18H,1-5,13,26H2,(H,27,29)/b21-14-. The minimum Gasteiger partial charge on any atom is -0.393 e. The lowest BCUT2D eigenvalue weighted by Crippen LogP contribution is -2.39. The molecule has 0 unspecified atom stereocenters. The van der Waals surface area contributed by atoms with Gasteiger partial charge in [0.05, 0.1) is 0 Å². The first-order valence-corrected chi connectivity index (χ1v) is 10.8. The van der Waals surface area contributed by atoms with Crippen LogP contribution < -0.4 is 16.0 Å². The molecule has 3 rings (SSSR count). The van der Waals surface area contributed by atoms with Gasteiger partial charge in [0.1, 0.15) is 5.70 Å². The van der Waals surface area contributed by atoms with Crippen LogP contribution in [-0.4, -0.2) is 11.9 Å². The van der Waals surface area contributed by atoms with Crippen molar-refractivity contribution in [3.8, 4) is 0 Å². The third-order valence-corrected chi connectivity index (χ3v) is 5.85. The number of carbonyl (C=O) groups is 1. The summed E-state index contributed by atoms with van der Waals surface area (Å²) < 4.78 is 0. The summed E-state index contributed by atoms with van der Waals surface area (Å²) in [4.78, 5) is 14.5. The predicted molar refractivity (Wildman–Crippen MR) is 121 cm³/mol. The van der Waals surface area contributed by atoms with E-state index in [-0.39, 0.29) is 17.6 Å². The number of nitrogens with two attached hydrogens (primary N) is 1. The Kier molecular flexibility index (Phi) is 7.70. The van der Waals surface area contributed by atoms with E-state index in [0.29, 0.717) is 21.6 Å². The average Bonchev–Trinajstić information content (AvgIpc) is 2.70. The number of benzene rings is 2. The number of nitrogens with zero attached hydrogens (tertiary/aromatic N) is 1. The van der Waals surface area contributed by atoms with Crippen molar-refractivity contribution >= 4 is 46.4 Å². The number of amides is 1. The first kappa shape index (κ1) is 21.8. The summed E-state index contributed by atoms with van der Waals surface area (Å²) in [5.74, 6) is -0.252. The molecule has 4 nitrogen and oxygen atoms in total. The fraction of sp³-hybridized carbons (Fsp3) is 0.318. The van der Waals surface area contributed by atoms with Crippen LogP contribution in [0.25, 0.3) is 0 Å². The van der Waals surface area contributed by atoms with Crippen molar-refractivity contribution in [2.45, 2.75) is 44.7 Å². The molecule has 0 bridgehead atoms. The third kappa shape index (κ3) is 6.30. The van der Waals surface area contributed by atoms with Crippen molar-refractivity contribution in [3.63, 3.8) is 0 Å². The van der Waals surface area contributed by atoms with Gasteiger partial charge in [-0.2, -0.15) is 0 Å². The van der Waals surface area contributed by atoms with Crippen LogP contribution in [0.15, 0.2) is 54.4 Å². The summed E-state index contributed by atoms with van der Waals surface area (Å²) in [6.45, 7) is 0.426. The van der Waals surface area contributed by atoms with Gasteiger partial charge in [0.15, 0.2) is 0 Å². The number of rotatable bonds is 6. The minimum atomic E-state index is -0.252. The zero-order chi connectivity index (χ0) is 20.8. The Balaban J connectivity index is 1.82. The number of hydrogen-bond acceptors (Lipinski definition) is 3. The topological polar surface area (TPSA) is 58.4 Å². The second kappa shape index (κ2) is 10.2. The van der Waals surface area contributed by atoms with E-state index >= 15 is 0 Å². The van der Waals surface area contributed by atoms with E-state index < -0.39 is 0 Å². The molecule has 2 aromatic rings. The molecule has 1 saturated carbocycles. The monoisotopic (exact) mass is 451 g/mol. The van der Waals surface area contributed by atoms with Gasteiger partial charge in [-0.3, -0.25) is 4.79 Å². The Labute approximate surface area is 186 Å². The Morgan fingerprint density at radius 3 is 2.34 bits per heavy atom. The smallest absolute Gasteiger partial charge is 0.268 e. The van der Waals surface area contributed by atoms with E-state index in [1.165, 1.54) is 6.42 Å². The molecule has 2 aromatic carbocycles. The Bertz CT molecular complexity index is 877. The highest BCUT2D eigenvalue weighted by Crippen LogP contribution is 2.26. The molecule has 154 valence electrons. The highest BCUT2D eigenvalue weighted by atomic mass is 35.5. The molecule has 0 radical (unpaired) electrons. The van der Waals surface area contributed by atoms with Gasteiger partial charge in [-0.05, 0) is 54.8 Å². The predicted octanol–water partition coefficient (Wildman–Crippen LogP) is 5.90. The van der Waals surface area contributed by atoms with Crippen molar-refractivity contribution in [2.24, 2.45) is 5.73 Å². The van der Waals surface area contributed by atoms with Gasteiger partial charge >= 0.3 is 0 Å². The van der Waals surface area contributed by atoms with Crippen LogP contribution in [0.2, 0.25) is 15.1 Å². The molecule has 0 aliphatic heterocycles. The zero-order valence-electron chi connectivity index (χ0n) is 16.0. The highest BCUT2D eigenvalue weighted by Gasteiger charge is 2.18. The first-order chi connectivity index (χ1) is 13.9. The van der Waals surface area contributed by atoms with Gasteiger partial charge in [0.2, 0.25) is 0 Å². The molecule has 0 aromatic heterocycles. The van der Waals surface area contributed by atoms with Crippen LogP contribution in [0, 0.1) is 0 Å². The van der Waals surface area contributed by atoms with Crippen LogP contribution in [0.3, 0.4) is 0 Å². The fourth-order valence-corrected chi connectivity index (χ4v) is 4.01. The van der Waals surface area contributed by atoms with Gasteiger partial charge < -0.3 is 16.0 Å². The summed E-state index contributed by atoms with van der Waals surface area (Å²) in [7, 11) is 0. The summed E-state index contributed by atoms with van der Waals surface area (Å²) >= 11 is 18.4. The maximum Gasteiger partial charge on any atom is 0.268 e. The molecule has 0 saturated heterocycles. The molecule has 3 N–H and O–H groups in total. The van der Waals surface area contributed by atoms with Crippen LogP contribution >= 0.6 is 34.8 Å². The van der Waals surface area contributed by atoms with Crippen molar-refractivity contribution in [2.75, 3.05) is 4.90 Å². The number of anilines is 1. The number of hydrogen-bond donors (Lipinski definition) is 2. The van der Waals surface area contributed by atoms with E-state index in [1.54, 1.807) is 30.5 Å². The van der Waals surface area contributed by atoms with Gasteiger partial charge in [0, 0.05) is 39.5 Å². The lowest BCUT2D eigenvalue weighted by molar-refractivity contribution is -0.118. The summed E-state index contributed by atoms with van der Waals surface area (Å²) in [6, 6.07) is 12.9. The van der Waals surface area contributed by atoms with Crippen LogP contribution in [-0.2, 0) is 11.3 Å². The van der Waals surface area contributed by atoms with Crippen molar-refractivity contribution in [1.82, 2.24) is 5.32 Å². The van der Waals surface area contributed by atoms with E-state index in [9.17, 15) is 4.79 Å². The molecular formula is C22H24Cl3N3O. The SMILES string of the molecule is N/C(=C\N(Cc1ccc(Cl)cc1Cl)c1ccc(Cl)cc1)C(=O)NC1CCCCC1. The average molecular weight is 453 g/mol. The van der Waals surface area contributed by atoms with Crippen molar-refractivity contribution < 1.29 is 4.79 Å². The lowest BCUT2D eigenvalue weighted by atomic mass is 9.95. The summed E-state index contributed by atoms with van der Waals surface area (Å²) in [6.07, 6.45) is 7.15. The fourth-order valence-electron chi connectivity index (χ4n) is 3.42. The highest BCUT2D eigenvalue weighted by molar-refractivity contribution is 6.35. The third-order valence-electron chi connectivity index (χ3n) is 5.01. The molecule has 0 heterocycles. The van der Waals surface area contributed by atoms with E-state index in [1.807, 2.05) is 23.1 Å². The second-order valence-corrected chi connectivity index (χ2v) is 8.51. The summed E-state index contributed by atoms with van der Waals surface area (Å²) in [5, 5.41) is 4.79. The van der Waals surface area contributed by atoms with Crippen LogP contribution in [0.1, 0.15) is 37.7 Å². The molecule has 1 amide bonds. The van der Waals surface area contributed by atoms with Gasteiger partial charge in [-0.25, -0.2) is 0 Å². The van der Waals surface area contributed by atoms with Crippen molar-refractivity contribution in [3.05, 3.63) is 75.0 Å². The van der Waals surface area contributed by atoms with E-state index in [0.717, 1.165) is 36.9 Å². The minimum absolute atomic E-state index is 0.149. The number of halogens is 3. The quantitative estimate of drug-likeness (QED) is 0.536. The maximum atomic E-state index is 12.6. The maximum absolute atomic E-state index is 12.6. The Morgan fingerprint density at radius 2 is 1.69 bits per heavy atom. The molecule has 0 spiro atoms. The zero-order valence-corrected chi connectivity index (χ0v) is 18.3. The van der Waals surface area contributed by atoms with Crippen LogP contribution in [0.5, 0.6) is 0 Å². The molecule has 1 aliphatic carbocycles. The number of carbonyl (C=O) groups excluding carboxylic acids is 1.